The molecule has 2 aliphatic rings. The maximum Gasteiger partial charge on any atom is 0.0358 e. The summed E-state index contributed by atoms with van der Waals surface area (Å²) in [4.78, 5) is 7.29. The molecular weight excluding hydrogens is 340 g/mol. The highest BCUT2D eigenvalue weighted by atomic mass is 15.1. The van der Waals surface area contributed by atoms with Crippen LogP contribution in [-0.4, -0.2) is 31.3 Å². The summed E-state index contributed by atoms with van der Waals surface area (Å²) in [6, 6.07) is 22.2. The summed E-state index contributed by atoms with van der Waals surface area (Å²) >= 11 is 0. The lowest BCUT2D eigenvalue weighted by molar-refractivity contribution is 0.123. The third-order valence-corrected chi connectivity index (χ3v) is 7.16. The Kier molecular flexibility index (Phi) is 6.26. The van der Waals surface area contributed by atoms with Crippen LogP contribution in [0.3, 0.4) is 0 Å². The zero-order valence-corrected chi connectivity index (χ0v) is 17.3. The van der Waals surface area contributed by atoms with Crippen LogP contribution in [0.4, 0.5) is 0 Å². The minimum atomic E-state index is 0.116. The van der Waals surface area contributed by atoms with Gasteiger partial charge in [0.1, 0.15) is 0 Å². The van der Waals surface area contributed by atoms with Crippen LogP contribution in [0.1, 0.15) is 49.7 Å². The third kappa shape index (κ3) is 3.93. The van der Waals surface area contributed by atoms with Gasteiger partial charge in [0, 0.05) is 25.2 Å². The van der Waals surface area contributed by atoms with E-state index in [0.29, 0.717) is 5.92 Å². The fraction of sp³-hybridized carbons (Fsp3) is 0.500. The fourth-order valence-electron chi connectivity index (χ4n) is 5.84. The molecule has 0 aromatic heterocycles. The largest absolute Gasteiger partial charge is 0.300 e. The smallest absolute Gasteiger partial charge is 0.0358 e. The molecule has 0 spiro atoms. The topological polar surface area (TPSA) is 15.6 Å². The van der Waals surface area contributed by atoms with Crippen LogP contribution in [0, 0.1) is 11.8 Å². The molecule has 2 nitrogen and oxygen atoms in total. The molecule has 1 aliphatic heterocycles. The van der Waals surface area contributed by atoms with Crippen molar-refractivity contribution in [2.45, 2.75) is 50.5 Å². The van der Waals surface area contributed by atoms with Gasteiger partial charge in [-0.2, -0.15) is 0 Å². The summed E-state index contributed by atoms with van der Waals surface area (Å²) in [5, 5.41) is 0. The molecule has 1 unspecified atom stereocenters. The van der Waals surface area contributed by atoms with Crippen molar-refractivity contribution >= 4 is 6.21 Å². The van der Waals surface area contributed by atoms with Crippen LogP contribution in [-0.2, 0) is 12.0 Å². The van der Waals surface area contributed by atoms with Crippen LogP contribution >= 0.6 is 0 Å². The van der Waals surface area contributed by atoms with Gasteiger partial charge in [0.2, 0.25) is 0 Å². The SMILES string of the molecule is C/N=C/C(c1ccccc1)(C1CCCC1)C1CCN(Cc2ccccc2)CC1. The Balaban J connectivity index is 1.56. The van der Waals surface area contributed by atoms with Crippen molar-refractivity contribution < 1.29 is 0 Å². The molecule has 1 aliphatic carbocycles. The number of hydrogen-bond donors (Lipinski definition) is 0. The average molecular weight is 375 g/mol. The van der Waals surface area contributed by atoms with Gasteiger partial charge in [-0.25, -0.2) is 0 Å². The summed E-state index contributed by atoms with van der Waals surface area (Å²) in [5.74, 6) is 1.43. The van der Waals surface area contributed by atoms with E-state index in [-0.39, 0.29) is 5.41 Å². The maximum absolute atomic E-state index is 4.65. The molecule has 0 N–H and O–H groups in total. The number of nitrogens with zero attached hydrogens (tertiary/aromatic N) is 2. The Bertz CT molecular complexity index is 741. The van der Waals surface area contributed by atoms with Gasteiger partial charge in [-0.05, 0) is 61.7 Å². The summed E-state index contributed by atoms with van der Waals surface area (Å²) < 4.78 is 0. The highest BCUT2D eigenvalue weighted by molar-refractivity contribution is 5.75. The lowest BCUT2D eigenvalue weighted by Gasteiger charge is -2.47. The van der Waals surface area contributed by atoms with Gasteiger partial charge in [0.15, 0.2) is 0 Å². The van der Waals surface area contributed by atoms with Crippen molar-refractivity contribution in [2.24, 2.45) is 16.8 Å². The van der Waals surface area contributed by atoms with Crippen LogP contribution in [0.2, 0.25) is 0 Å². The minimum Gasteiger partial charge on any atom is -0.300 e. The van der Waals surface area contributed by atoms with Crippen molar-refractivity contribution in [3.63, 3.8) is 0 Å². The minimum absolute atomic E-state index is 0.116. The Morgan fingerprint density at radius 3 is 2.04 bits per heavy atom. The first kappa shape index (κ1) is 19.4. The Morgan fingerprint density at radius 2 is 1.43 bits per heavy atom. The van der Waals surface area contributed by atoms with Crippen LogP contribution in [0.15, 0.2) is 65.7 Å². The van der Waals surface area contributed by atoms with Crippen molar-refractivity contribution in [3.8, 4) is 0 Å². The summed E-state index contributed by atoms with van der Waals surface area (Å²) in [6.45, 7) is 3.47. The molecule has 2 aromatic rings. The van der Waals surface area contributed by atoms with E-state index >= 15 is 0 Å². The Morgan fingerprint density at radius 1 is 0.857 bits per heavy atom. The van der Waals surface area contributed by atoms with E-state index in [1.54, 1.807) is 0 Å². The van der Waals surface area contributed by atoms with E-state index in [2.05, 4.69) is 76.8 Å². The van der Waals surface area contributed by atoms with Crippen LogP contribution < -0.4 is 0 Å². The van der Waals surface area contributed by atoms with E-state index in [0.717, 1.165) is 12.5 Å². The number of piperidine rings is 1. The molecule has 28 heavy (non-hydrogen) atoms. The molecule has 1 saturated carbocycles. The lowest BCUT2D eigenvalue weighted by atomic mass is 9.60. The second-order valence-electron chi connectivity index (χ2n) is 8.70. The summed E-state index contributed by atoms with van der Waals surface area (Å²) in [7, 11) is 1.97. The van der Waals surface area contributed by atoms with E-state index in [1.165, 1.54) is 62.7 Å². The zero-order chi connectivity index (χ0) is 19.2. The van der Waals surface area contributed by atoms with E-state index < -0.39 is 0 Å². The molecule has 0 bridgehead atoms. The third-order valence-electron chi connectivity index (χ3n) is 7.16. The van der Waals surface area contributed by atoms with Gasteiger partial charge in [-0.15, -0.1) is 0 Å². The first-order chi connectivity index (χ1) is 13.8. The van der Waals surface area contributed by atoms with Crippen LogP contribution in [0.25, 0.3) is 0 Å². The van der Waals surface area contributed by atoms with Crippen molar-refractivity contribution in [3.05, 3.63) is 71.8 Å². The first-order valence-electron chi connectivity index (χ1n) is 11.1. The Labute approximate surface area is 170 Å². The molecule has 2 aromatic carbocycles. The first-order valence-corrected chi connectivity index (χ1v) is 11.1. The molecule has 2 fully saturated rings. The van der Waals surface area contributed by atoms with Gasteiger partial charge >= 0.3 is 0 Å². The number of likely N-dealkylation sites (tertiary alicyclic amines) is 1. The summed E-state index contributed by atoms with van der Waals surface area (Å²) in [5.41, 5.74) is 3.04. The molecule has 0 radical (unpaired) electrons. The van der Waals surface area contributed by atoms with Gasteiger partial charge in [0.05, 0.1) is 0 Å². The van der Waals surface area contributed by atoms with Gasteiger partial charge < -0.3 is 0 Å². The zero-order valence-electron chi connectivity index (χ0n) is 17.3. The van der Waals surface area contributed by atoms with E-state index in [9.17, 15) is 0 Å². The quantitative estimate of drug-likeness (QED) is 0.590. The van der Waals surface area contributed by atoms with Crippen molar-refractivity contribution in [1.29, 1.82) is 0 Å². The van der Waals surface area contributed by atoms with Gasteiger partial charge in [0.25, 0.3) is 0 Å². The lowest BCUT2D eigenvalue weighted by Crippen LogP contribution is -2.48. The molecule has 1 heterocycles. The number of aliphatic imine (C=N–C) groups is 1. The highest BCUT2D eigenvalue weighted by Gasteiger charge is 2.46. The highest BCUT2D eigenvalue weighted by Crippen LogP contribution is 2.49. The molecule has 4 rings (SSSR count). The molecule has 2 heteroatoms. The number of benzene rings is 2. The molecule has 148 valence electrons. The van der Waals surface area contributed by atoms with E-state index in [1.807, 2.05) is 7.05 Å². The molecular formula is C26H34N2. The number of hydrogen-bond acceptors (Lipinski definition) is 2. The average Bonchev–Trinajstić information content (AvgIpc) is 3.29. The molecule has 1 atom stereocenters. The number of rotatable bonds is 6. The predicted molar refractivity (Wildman–Crippen MR) is 119 cm³/mol. The van der Waals surface area contributed by atoms with Crippen LogP contribution in [0.5, 0.6) is 0 Å². The summed E-state index contributed by atoms with van der Waals surface area (Å²) in [6.07, 6.45) is 10.3. The van der Waals surface area contributed by atoms with Crippen molar-refractivity contribution in [2.75, 3.05) is 20.1 Å². The predicted octanol–water partition coefficient (Wildman–Crippen LogP) is 5.73. The standard InChI is InChI=1S/C26H34N2/c1-27-21-26(24-14-8-9-15-24,23-12-6-3-7-13-23)25-16-18-28(19-17-25)20-22-10-4-2-5-11-22/h2-7,10-13,21,24-25H,8-9,14-20H2,1H3/b27-21+. The van der Waals surface area contributed by atoms with E-state index in [4.69, 9.17) is 0 Å². The fourth-order valence-corrected chi connectivity index (χ4v) is 5.84. The normalized spacial score (nSPS) is 21.9. The van der Waals surface area contributed by atoms with Gasteiger partial charge in [-0.3, -0.25) is 9.89 Å². The monoisotopic (exact) mass is 374 g/mol. The van der Waals surface area contributed by atoms with Gasteiger partial charge in [-0.1, -0.05) is 73.5 Å². The second-order valence-corrected chi connectivity index (χ2v) is 8.70. The second kappa shape index (κ2) is 9.05. The molecule has 1 saturated heterocycles. The van der Waals surface area contributed by atoms with Crippen molar-refractivity contribution in [1.82, 2.24) is 4.90 Å². The Hall–Kier alpha value is -1.93. The molecule has 0 amide bonds. The maximum atomic E-state index is 4.65.